The van der Waals surface area contributed by atoms with Crippen molar-refractivity contribution in [2.75, 3.05) is 11.1 Å². The fourth-order valence-corrected chi connectivity index (χ4v) is 3.48. The molecule has 2 atom stereocenters. The molecule has 3 rings (SSSR count). The van der Waals surface area contributed by atoms with Crippen LogP contribution in [0.25, 0.3) is 0 Å². The third-order valence-corrected chi connectivity index (χ3v) is 5.76. The van der Waals surface area contributed by atoms with E-state index in [1.807, 2.05) is 6.07 Å². The Hall–Kier alpha value is -1.88. The Morgan fingerprint density at radius 2 is 1.91 bits per heavy atom. The van der Waals surface area contributed by atoms with Gasteiger partial charge in [0.05, 0.1) is 10.6 Å². The van der Waals surface area contributed by atoms with Crippen LogP contribution in [0.4, 0.5) is 10.1 Å². The van der Waals surface area contributed by atoms with Crippen LogP contribution >= 0.6 is 0 Å². The van der Waals surface area contributed by atoms with Crippen LogP contribution < -0.4 is 5.32 Å². The molecule has 0 amide bonds. The molecule has 1 aliphatic carbocycles. The van der Waals surface area contributed by atoms with Gasteiger partial charge in [-0.25, -0.2) is 12.8 Å². The summed E-state index contributed by atoms with van der Waals surface area (Å²) >= 11 is 0. The second-order valence-electron chi connectivity index (χ2n) is 5.58. The summed E-state index contributed by atoms with van der Waals surface area (Å²) in [5.74, 6) is 0.205. The molecule has 3 nitrogen and oxygen atoms in total. The average molecular weight is 319 g/mol. The quantitative estimate of drug-likeness (QED) is 0.916. The fraction of sp³-hybridized carbons (Fsp3) is 0.294. The summed E-state index contributed by atoms with van der Waals surface area (Å²) in [4.78, 5) is 0.345. The van der Waals surface area contributed by atoms with E-state index in [1.54, 1.807) is 43.3 Å². The summed E-state index contributed by atoms with van der Waals surface area (Å²) in [6.07, 6.45) is 0.957. The molecule has 0 bridgehead atoms. The van der Waals surface area contributed by atoms with Crippen molar-refractivity contribution in [3.05, 3.63) is 59.9 Å². The molecular formula is C17H18FNO2S. The van der Waals surface area contributed by atoms with Crippen molar-refractivity contribution >= 4 is 15.5 Å². The van der Waals surface area contributed by atoms with E-state index < -0.39 is 9.84 Å². The molecule has 1 aliphatic rings. The number of hydrogen-bond donors (Lipinski definition) is 1. The maximum Gasteiger partial charge on any atom is 0.178 e. The molecule has 5 heteroatoms. The lowest BCUT2D eigenvalue weighted by atomic mass is 10.1. The molecule has 0 heterocycles. The number of halogens is 1. The van der Waals surface area contributed by atoms with E-state index >= 15 is 0 Å². The lowest BCUT2D eigenvalue weighted by Crippen LogP contribution is -2.06. The Balaban J connectivity index is 1.66. The van der Waals surface area contributed by atoms with Crippen molar-refractivity contribution in [1.82, 2.24) is 0 Å². The highest BCUT2D eigenvalue weighted by molar-refractivity contribution is 7.91. The Labute approximate surface area is 130 Å². The lowest BCUT2D eigenvalue weighted by molar-refractivity contribution is 0.597. The van der Waals surface area contributed by atoms with Crippen molar-refractivity contribution in [1.29, 1.82) is 0 Å². The van der Waals surface area contributed by atoms with Gasteiger partial charge in [0, 0.05) is 17.6 Å². The van der Waals surface area contributed by atoms with Crippen LogP contribution in [0, 0.1) is 5.82 Å². The normalized spacial score (nSPS) is 20.6. The molecule has 116 valence electrons. The van der Waals surface area contributed by atoms with Gasteiger partial charge in [0.25, 0.3) is 0 Å². The van der Waals surface area contributed by atoms with Gasteiger partial charge in [-0.15, -0.1) is 0 Å². The summed E-state index contributed by atoms with van der Waals surface area (Å²) in [7, 11) is -3.16. The second kappa shape index (κ2) is 5.72. The molecule has 1 fully saturated rings. The van der Waals surface area contributed by atoms with Gasteiger partial charge in [-0.2, -0.15) is 0 Å². The summed E-state index contributed by atoms with van der Waals surface area (Å²) in [5, 5.41) is 3.36. The van der Waals surface area contributed by atoms with Gasteiger partial charge in [0.1, 0.15) is 5.82 Å². The molecule has 1 N–H and O–H groups in total. The van der Waals surface area contributed by atoms with E-state index in [9.17, 15) is 12.8 Å². The maximum atomic E-state index is 13.2. The number of anilines is 1. The minimum atomic E-state index is -3.16. The third-order valence-electron chi connectivity index (χ3n) is 4.01. The summed E-state index contributed by atoms with van der Waals surface area (Å²) in [6.45, 7) is 1.63. The van der Waals surface area contributed by atoms with Crippen molar-refractivity contribution in [3.8, 4) is 0 Å². The average Bonchev–Trinajstić information content (AvgIpc) is 3.27. The van der Waals surface area contributed by atoms with Crippen LogP contribution in [0.15, 0.2) is 53.4 Å². The predicted octanol–water partition coefficient (Wildman–Crippen LogP) is 3.59. The molecule has 0 spiro atoms. The molecule has 1 saturated carbocycles. The van der Waals surface area contributed by atoms with Gasteiger partial charge < -0.3 is 5.32 Å². The maximum absolute atomic E-state index is 13.2. The van der Waals surface area contributed by atoms with E-state index in [-0.39, 0.29) is 17.6 Å². The standard InChI is InChI=1S/C17H18FNO2S/c1-2-22(20,21)15-8-6-14(7-9-15)19-17-11-16(17)12-4-3-5-13(18)10-12/h3-10,16-17,19H,2,11H2,1H3/t16-,17+/m0/s1. The Morgan fingerprint density at radius 1 is 1.18 bits per heavy atom. The highest BCUT2D eigenvalue weighted by atomic mass is 32.2. The van der Waals surface area contributed by atoms with Crippen LogP contribution in [0.5, 0.6) is 0 Å². The first-order valence-electron chi connectivity index (χ1n) is 7.34. The first-order valence-corrected chi connectivity index (χ1v) is 8.99. The van der Waals surface area contributed by atoms with E-state index in [2.05, 4.69) is 5.32 Å². The Bertz CT molecular complexity index is 772. The number of rotatable bonds is 5. The third kappa shape index (κ3) is 3.14. The van der Waals surface area contributed by atoms with Gasteiger partial charge in [-0.05, 0) is 48.4 Å². The zero-order chi connectivity index (χ0) is 15.7. The van der Waals surface area contributed by atoms with Gasteiger partial charge in [-0.3, -0.25) is 0 Å². The highest BCUT2D eigenvalue weighted by Crippen LogP contribution is 2.43. The molecule has 22 heavy (non-hydrogen) atoms. The SMILES string of the molecule is CCS(=O)(=O)c1ccc(N[C@@H]2C[C@H]2c2cccc(F)c2)cc1. The molecule has 2 aromatic carbocycles. The van der Waals surface area contributed by atoms with Crippen LogP contribution in [0.1, 0.15) is 24.8 Å². The molecule has 0 radical (unpaired) electrons. The minimum absolute atomic E-state index is 0.101. The van der Waals surface area contributed by atoms with Crippen LogP contribution in [-0.2, 0) is 9.84 Å². The topological polar surface area (TPSA) is 46.2 Å². The Morgan fingerprint density at radius 3 is 2.55 bits per heavy atom. The van der Waals surface area contributed by atoms with E-state index in [0.717, 1.165) is 17.7 Å². The van der Waals surface area contributed by atoms with Crippen molar-refractivity contribution in [2.24, 2.45) is 0 Å². The van der Waals surface area contributed by atoms with Crippen molar-refractivity contribution < 1.29 is 12.8 Å². The second-order valence-corrected chi connectivity index (χ2v) is 7.85. The molecule has 0 unspecified atom stereocenters. The van der Waals surface area contributed by atoms with Gasteiger partial charge in [0.15, 0.2) is 9.84 Å². The van der Waals surface area contributed by atoms with Gasteiger partial charge in [0.2, 0.25) is 0 Å². The van der Waals surface area contributed by atoms with Crippen LogP contribution in [0.3, 0.4) is 0 Å². The highest BCUT2D eigenvalue weighted by Gasteiger charge is 2.38. The smallest absolute Gasteiger partial charge is 0.178 e. The monoisotopic (exact) mass is 319 g/mol. The van der Waals surface area contributed by atoms with Crippen LogP contribution in [-0.4, -0.2) is 20.2 Å². The van der Waals surface area contributed by atoms with E-state index in [1.165, 1.54) is 6.07 Å². The molecule has 0 saturated heterocycles. The number of benzene rings is 2. The van der Waals surface area contributed by atoms with Crippen molar-refractivity contribution in [3.63, 3.8) is 0 Å². The fourth-order valence-electron chi connectivity index (χ4n) is 2.60. The Kier molecular flexibility index (Phi) is 3.91. The first kappa shape index (κ1) is 15.0. The number of sulfone groups is 1. The zero-order valence-corrected chi connectivity index (χ0v) is 13.1. The van der Waals surface area contributed by atoms with Gasteiger partial charge in [-0.1, -0.05) is 19.1 Å². The molecule has 0 aromatic heterocycles. The van der Waals surface area contributed by atoms with Gasteiger partial charge >= 0.3 is 0 Å². The molecular weight excluding hydrogens is 301 g/mol. The summed E-state index contributed by atoms with van der Waals surface area (Å²) in [6, 6.07) is 13.8. The first-order chi connectivity index (χ1) is 10.5. The summed E-state index contributed by atoms with van der Waals surface area (Å²) in [5.41, 5.74) is 1.89. The van der Waals surface area contributed by atoms with E-state index in [4.69, 9.17) is 0 Å². The lowest BCUT2D eigenvalue weighted by Gasteiger charge is -2.07. The minimum Gasteiger partial charge on any atom is -0.382 e. The summed E-state index contributed by atoms with van der Waals surface area (Å²) < 4.78 is 36.7. The molecule has 0 aliphatic heterocycles. The predicted molar refractivity (Wildman–Crippen MR) is 85.3 cm³/mol. The molecule has 2 aromatic rings. The van der Waals surface area contributed by atoms with E-state index in [0.29, 0.717) is 10.8 Å². The number of hydrogen-bond acceptors (Lipinski definition) is 3. The zero-order valence-electron chi connectivity index (χ0n) is 12.3. The van der Waals surface area contributed by atoms with Crippen molar-refractivity contribution in [2.45, 2.75) is 30.2 Å². The largest absolute Gasteiger partial charge is 0.382 e. The number of nitrogens with one attached hydrogen (secondary N) is 1. The van der Waals surface area contributed by atoms with Crippen LogP contribution in [0.2, 0.25) is 0 Å².